The van der Waals surface area contributed by atoms with E-state index in [-0.39, 0.29) is 0 Å². The van der Waals surface area contributed by atoms with Crippen molar-refractivity contribution in [2.45, 2.75) is 19.8 Å². The van der Waals surface area contributed by atoms with Gasteiger partial charge in [-0.3, -0.25) is 0 Å². The van der Waals surface area contributed by atoms with Gasteiger partial charge in [-0.25, -0.2) is 4.40 Å². The molecule has 0 bridgehead atoms. The van der Waals surface area contributed by atoms with E-state index in [0.717, 1.165) is 12.8 Å². The van der Waals surface area contributed by atoms with Crippen LogP contribution in [-0.2, 0) is 0 Å². The molecule has 0 spiro atoms. The van der Waals surface area contributed by atoms with Crippen LogP contribution in [0.5, 0.6) is 0 Å². The fraction of sp³-hybridized carbons (Fsp3) is 0.500. The third-order valence-corrected chi connectivity index (χ3v) is 1.78. The Labute approximate surface area is 54.0 Å². The summed E-state index contributed by atoms with van der Waals surface area (Å²) in [4.78, 5) is 0. The summed E-state index contributed by atoms with van der Waals surface area (Å²) in [5.41, 5.74) is 1.30. The zero-order valence-electron chi connectivity index (χ0n) is 4.92. The Balaban J connectivity index is 2.43. The van der Waals surface area contributed by atoms with E-state index in [9.17, 15) is 0 Å². The summed E-state index contributed by atoms with van der Waals surface area (Å²) in [6.07, 6.45) is 4.30. The molecule has 8 heavy (non-hydrogen) atoms. The second-order valence-electron chi connectivity index (χ2n) is 1.69. The summed E-state index contributed by atoms with van der Waals surface area (Å²) in [5.74, 6) is 0. The van der Waals surface area contributed by atoms with Crippen molar-refractivity contribution in [1.29, 1.82) is 0 Å². The van der Waals surface area contributed by atoms with Crippen LogP contribution < -0.4 is 0 Å². The molecule has 0 fully saturated rings. The molecular formula is C6H9NS. The van der Waals surface area contributed by atoms with Gasteiger partial charge in [0, 0.05) is 24.1 Å². The third-order valence-electron chi connectivity index (χ3n) is 1.10. The minimum absolute atomic E-state index is 1.06. The van der Waals surface area contributed by atoms with Crippen molar-refractivity contribution < 1.29 is 0 Å². The van der Waals surface area contributed by atoms with Crippen LogP contribution in [0.1, 0.15) is 19.8 Å². The van der Waals surface area contributed by atoms with Gasteiger partial charge in [0.15, 0.2) is 0 Å². The first-order chi connectivity index (χ1) is 3.93. The van der Waals surface area contributed by atoms with Crippen molar-refractivity contribution >= 4 is 17.7 Å². The highest BCUT2D eigenvalue weighted by Crippen LogP contribution is 2.13. The second kappa shape index (κ2) is 2.92. The van der Waals surface area contributed by atoms with E-state index in [0.29, 0.717) is 0 Å². The van der Waals surface area contributed by atoms with Gasteiger partial charge in [0.2, 0.25) is 0 Å². The summed E-state index contributed by atoms with van der Waals surface area (Å²) >= 11 is 1.53. The third kappa shape index (κ3) is 1.37. The molecule has 0 unspecified atom stereocenters. The minimum Gasteiger partial charge on any atom is -0.221 e. The van der Waals surface area contributed by atoms with Crippen molar-refractivity contribution in [3.63, 3.8) is 0 Å². The van der Waals surface area contributed by atoms with Gasteiger partial charge < -0.3 is 0 Å². The number of hydrogen-bond donors (Lipinski definition) is 0. The molecule has 44 valence electrons. The maximum atomic E-state index is 4.19. The molecular weight excluding hydrogens is 118 g/mol. The van der Waals surface area contributed by atoms with Crippen LogP contribution in [0.15, 0.2) is 15.9 Å². The zero-order chi connectivity index (χ0) is 5.82. The van der Waals surface area contributed by atoms with E-state index in [1.807, 2.05) is 5.41 Å². The van der Waals surface area contributed by atoms with Crippen LogP contribution in [-0.4, -0.2) is 5.71 Å². The highest BCUT2D eigenvalue weighted by atomic mass is 32.2. The lowest BCUT2D eigenvalue weighted by Gasteiger charge is -2.00. The van der Waals surface area contributed by atoms with Gasteiger partial charge in [0.25, 0.3) is 0 Å². The summed E-state index contributed by atoms with van der Waals surface area (Å²) in [6, 6.07) is 0. The van der Waals surface area contributed by atoms with Crippen LogP contribution in [0.4, 0.5) is 0 Å². The first-order valence-corrected chi connectivity index (χ1v) is 3.63. The normalized spacial score (nSPS) is 18.4. The predicted molar refractivity (Wildman–Crippen MR) is 39.1 cm³/mol. The second-order valence-corrected chi connectivity index (χ2v) is 2.36. The van der Waals surface area contributed by atoms with Crippen LogP contribution in [0.3, 0.4) is 0 Å². The van der Waals surface area contributed by atoms with Gasteiger partial charge in [-0.1, -0.05) is 13.0 Å². The highest BCUT2D eigenvalue weighted by Gasteiger charge is 1.95. The largest absolute Gasteiger partial charge is 0.221 e. The number of nitrogens with zero attached hydrogens (tertiary/aromatic N) is 1. The summed E-state index contributed by atoms with van der Waals surface area (Å²) in [7, 11) is 0. The van der Waals surface area contributed by atoms with Crippen molar-refractivity contribution in [3.05, 3.63) is 11.5 Å². The summed E-state index contributed by atoms with van der Waals surface area (Å²) in [5, 5.41) is 2.03. The van der Waals surface area contributed by atoms with E-state index in [1.165, 1.54) is 17.7 Å². The molecule has 0 amide bonds. The molecule has 0 radical (unpaired) electrons. The molecule has 0 saturated carbocycles. The molecule has 1 heterocycles. The molecule has 1 rings (SSSR count). The van der Waals surface area contributed by atoms with Gasteiger partial charge in [0.05, 0.1) is 0 Å². The number of rotatable bonds is 1. The molecule has 1 aliphatic rings. The lowest BCUT2D eigenvalue weighted by molar-refractivity contribution is 1.22. The summed E-state index contributed by atoms with van der Waals surface area (Å²) < 4.78 is 4.19. The lowest BCUT2D eigenvalue weighted by atomic mass is 10.2. The standard InChI is InChI=1S/C6H9NS/c1-2-6-4-3-5-8-7-6/h3,5H,2,4H2,1H3. The molecule has 1 nitrogen and oxygen atoms in total. The van der Waals surface area contributed by atoms with Gasteiger partial charge in [-0.2, -0.15) is 0 Å². The van der Waals surface area contributed by atoms with Crippen molar-refractivity contribution in [1.82, 2.24) is 0 Å². The van der Waals surface area contributed by atoms with E-state index in [2.05, 4.69) is 17.4 Å². The Morgan fingerprint density at radius 1 is 1.88 bits per heavy atom. The van der Waals surface area contributed by atoms with Crippen molar-refractivity contribution in [2.75, 3.05) is 0 Å². The Morgan fingerprint density at radius 3 is 3.12 bits per heavy atom. The maximum absolute atomic E-state index is 4.19. The smallest absolute Gasteiger partial charge is 0.0301 e. The molecule has 0 N–H and O–H groups in total. The average molecular weight is 127 g/mol. The van der Waals surface area contributed by atoms with Crippen LogP contribution in [0.25, 0.3) is 0 Å². The van der Waals surface area contributed by atoms with Gasteiger partial charge in [-0.15, -0.1) is 0 Å². The fourth-order valence-electron chi connectivity index (χ4n) is 0.578. The van der Waals surface area contributed by atoms with Gasteiger partial charge in [0.1, 0.15) is 0 Å². The molecule has 0 aromatic rings. The average Bonchev–Trinajstić information content (AvgIpc) is 1.90. The topological polar surface area (TPSA) is 12.4 Å². The Hall–Kier alpha value is -0.240. The monoisotopic (exact) mass is 127 g/mol. The summed E-state index contributed by atoms with van der Waals surface area (Å²) in [6.45, 7) is 2.14. The molecule has 1 aliphatic heterocycles. The molecule has 0 aromatic carbocycles. The highest BCUT2D eigenvalue weighted by molar-refractivity contribution is 8.01. The maximum Gasteiger partial charge on any atom is 0.0301 e. The first-order valence-electron chi connectivity index (χ1n) is 2.80. The Morgan fingerprint density at radius 2 is 2.75 bits per heavy atom. The number of allylic oxidation sites excluding steroid dienone is 1. The molecule has 2 heteroatoms. The van der Waals surface area contributed by atoms with Crippen LogP contribution >= 0.6 is 11.9 Å². The van der Waals surface area contributed by atoms with E-state index >= 15 is 0 Å². The molecule has 0 aromatic heterocycles. The van der Waals surface area contributed by atoms with Crippen LogP contribution in [0.2, 0.25) is 0 Å². The Kier molecular flexibility index (Phi) is 2.15. The molecule has 0 aliphatic carbocycles. The van der Waals surface area contributed by atoms with E-state index < -0.39 is 0 Å². The Bertz CT molecular complexity index is 126. The zero-order valence-corrected chi connectivity index (χ0v) is 5.74. The SMILES string of the molecule is CCC1=NSC=CC1. The van der Waals surface area contributed by atoms with Crippen molar-refractivity contribution in [2.24, 2.45) is 4.40 Å². The van der Waals surface area contributed by atoms with E-state index in [4.69, 9.17) is 0 Å². The lowest BCUT2D eigenvalue weighted by Crippen LogP contribution is -1.93. The number of hydrogen-bond acceptors (Lipinski definition) is 2. The molecule has 0 atom stereocenters. The predicted octanol–water partition coefficient (Wildman–Crippen LogP) is 2.40. The van der Waals surface area contributed by atoms with Gasteiger partial charge in [-0.05, 0) is 11.8 Å². The fourth-order valence-corrected chi connectivity index (χ4v) is 1.17. The van der Waals surface area contributed by atoms with Crippen molar-refractivity contribution in [3.8, 4) is 0 Å². The van der Waals surface area contributed by atoms with E-state index in [1.54, 1.807) is 0 Å². The first kappa shape index (κ1) is 5.89. The van der Waals surface area contributed by atoms with Crippen LogP contribution in [0, 0.1) is 0 Å². The quantitative estimate of drug-likeness (QED) is 0.493. The van der Waals surface area contributed by atoms with Gasteiger partial charge >= 0.3 is 0 Å². The molecule has 0 saturated heterocycles. The minimum atomic E-state index is 1.06.